The minimum atomic E-state index is -2.29. The minimum Gasteiger partial charge on any atom is -0.349 e. The molecule has 0 unspecified atom stereocenters. The molecule has 0 spiro atoms. The quantitative estimate of drug-likeness (QED) is 0.504. The standard InChI is InChI=1S/C13H14F5NO/c1-5(13(2,3)4)19-12(20)6-7(14)9(16)11(18)10(17)8(6)15/h5H,1-4H3,(H,19,20)/t5-/m0/s1. The Morgan fingerprint density at radius 3 is 1.60 bits per heavy atom. The molecule has 2 nitrogen and oxygen atoms in total. The molecule has 1 aromatic rings. The van der Waals surface area contributed by atoms with Crippen LogP contribution in [0.3, 0.4) is 0 Å². The molecule has 112 valence electrons. The van der Waals surface area contributed by atoms with Crippen LogP contribution in [-0.4, -0.2) is 11.9 Å². The van der Waals surface area contributed by atoms with Gasteiger partial charge in [-0.1, -0.05) is 20.8 Å². The van der Waals surface area contributed by atoms with Crippen LogP contribution in [0.5, 0.6) is 0 Å². The average molecular weight is 295 g/mol. The van der Waals surface area contributed by atoms with E-state index >= 15 is 0 Å². The third-order valence-corrected chi connectivity index (χ3v) is 3.08. The van der Waals surface area contributed by atoms with Crippen LogP contribution in [-0.2, 0) is 0 Å². The third kappa shape index (κ3) is 2.91. The van der Waals surface area contributed by atoms with Crippen LogP contribution in [0.2, 0.25) is 0 Å². The highest BCUT2D eigenvalue weighted by Crippen LogP contribution is 2.24. The fourth-order valence-corrected chi connectivity index (χ4v) is 1.29. The monoisotopic (exact) mass is 295 g/mol. The Morgan fingerprint density at radius 2 is 1.25 bits per heavy atom. The number of carbonyl (C=O) groups excluding carboxylic acids is 1. The maximum atomic E-state index is 13.4. The summed E-state index contributed by atoms with van der Waals surface area (Å²) >= 11 is 0. The summed E-state index contributed by atoms with van der Waals surface area (Å²) in [5.74, 6) is -12.2. The summed E-state index contributed by atoms with van der Waals surface area (Å²) in [6, 6.07) is -0.537. The van der Waals surface area contributed by atoms with Gasteiger partial charge in [0.2, 0.25) is 5.82 Å². The molecule has 1 amide bonds. The van der Waals surface area contributed by atoms with Gasteiger partial charge in [0.15, 0.2) is 23.3 Å². The first-order valence-corrected chi connectivity index (χ1v) is 5.80. The molecule has 20 heavy (non-hydrogen) atoms. The summed E-state index contributed by atoms with van der Waals surface area (Å²) in [5, 5.41) is 2.22. The lowest BCUT2D eigenvalue weighted by atomic mass is 9.88. The van der Waals surface area contributed by atoms with Crippen molar-refractivity contribution < 1.29 is 26.7 Å². The summed E-state index contributed by atoms with van der Waals surface area (Å²) < 4.78 is 65.7. The summed E-state index contributed by atoms with van der Waals surface area (Å²) in [5.41, 5.74) is -1.92. The van der Waals surface area contributed by atoms with E-state index in [-0.39, 0.29) is 0 Å². The van der Waals surface area contributed by atoms with Crippen molar-refractivity contribution in [3.05, 3.63) is 34.6 Å². The van der Waals surface area contributed by atoms with Gasteiger partial charge in [0.05, 0.1) is 0 Å². The summed E-state index contributed by atoms with van der Waals surface area (Å²) in [4.78, 5) is 11.7. The van der Waals surface area contributed by atoms with Gasteiger partial charge in [0.1, 0.15) is 5.56 Å². The van der Waals surface area contributed by atoms with E-state index in [9.17, 15) is 26.7 Å². The summed E-state index contributed by atoms with van der Waals surface area (Å²) in [7, 11) is 0. The average Bonchev–Trinajstić information content (AvgIpc) is 2.33. The van der Waals surface area contributed by atoms with Gasteiger partial charge in [-0.3, -0.25) is 4.79 Å². The third-order valence-electron chi connectivity index (χ3n) is 3.08. The van der Waals surface area contributed by atoms with E-state index < -0.39 is 52.0 Å². The predicted octanol–water partition coefficient (Wildman–Crippen LogP) is 3.55. The molecule has 0 heterocycles. The zero-order valence-corrected chi connectivity index (χ0v) is 11.4. The molecule has 0 aromatic heterocycles. The molecular formula is C13H14F5NO. The predicted molar refractivity (Wildman–Crippen MR) is 62.6 cm³/mol. The molecule has 0 bridgehead atoms. The lowest BCUT2D eigenvalue weighted by Crippen LogP contribution is -2.42. The van der Waals surface area contributed by atoms with Crippen molar-refractivity contribution in [1.82, 2.24) is 5.32 Å². The molecule has 0 aliphatic heterocycles. The molecule has 1 atom stereocenters. The van der Waals surface area contributed by atoms with E-state index in [0.29, 0.717) is 0 Å². The van der Waals surface area contributed by atoms with Gasteiger partial charge in [-0.25, -0.2) is 22.0 Å². The summed E-state index contributed by atoms with van der Waals surface area (Å²) in [6.07, 6.45) is 0. The fourth-order valence-electron chi connectivity index (χ4n) is 1.29. The van der Waals surface area contributed by atoms with Crippen LogP contribution in [0.1, 0.15) is 38.1 Å². The maximum Gasteiger partial charge on any atom is 0.257 e. The number of amides is 1. The van der Waals surface area contributed by atoms with E-state index in [1.54, 1.807) is 27.7 Å². The van der Waals surface area contributed by atoms with Gasteiger partial charge in [-0.15, -0.1) is 0 Å². The lowest BCUT2D eigenvalue weighted by molar-refractivity contribution is 0.0898. The van der Waals surface area contributed by atoms with Gasteiger partial charge in [-0.2, -0.15) is 0 Å². The Morgan fingerprint density at radius 1 is 0.900 bits per heavy atom. The number of benzene rings is 1. The van der Waals surface area contributed by atoms with Crippen molar-refractivity contribution in [2.75, 3.05) is 0 Å². The molecule has 0 saturated carbocycles. The zero-order valence-electron chi connectivity index (χ0n) is 11.4. The normalized spacial score (nSPS) is 13.2. The molecule has 0 aliphatic carbocycles. The van der Waals surface area contributed by atoms with Crippen LogP contribution in [0.15, 0.2) is 0 Å². The van der Waals surface area contributed by atoms with Crippen LogP contribution in [0, 0.1) is 34.5 Å². The molecule has 0 fully saturated rings. The number of hydrogen-bond donors (Lipinski definition) is 1. The fraction of sp³-hybridized carbons (Fsp3) is 0.462. The van der Waals surface area contributed by atoms with E-state index in [4.69, 9.17) is 0 Å². The molecule has 1 aromatic carbocycles. The van der Waals surface area contributed by atoms with Crippen molar-refractivity contribution >= 4 is 5.91 Å². The van der Waals surface area contributed by atoms with Gasteiger partial charge in [-0.05, 0) is 12.3 Å². The van der Waals surface area contributed by atoms with Gasteiger partial charge in [0.25, 0.3) is 5.91 Å². The first-order valence-electron chi connectivity index (χ1n) is 5.80. The molecule has 0 aliphatic rings. The highest BCUT2D eigenvalue weighted by atomic mass is 19.2. The molecule has 0 saturated heterocycles. The largest absolute Gasteiger partial charge is 0.349 e. The Kier molecular flexibility index (Phi) is 4.41. The van der Waals surface area contributed by atoms with Crippen LogP contribution >= 0.6 is 0 Å². The second kappa shape index (κ2) is 5.38. The van der Waals surface area contributed by atoms with E-state index in [2.05, 4.69) is 5.32 Å². The van der Waals surface area contributed by atoms with E-state index in [0.717, 1.165) is 0 Å². The van der Waals surface area contributed by atoms with E-state index in [1.807, 2.05) is 0 Å². The van der Waals surface area contributed by atoms with Gasteiger partial charge >= 0.3 is 0 Å². The van der Waals surface area contributed by atoms with Crippen molar-refractivity contribution in [2.45, 2.75) is 33.7 Å². The van der Waals surface area contributed by atoms with E-state index in [1.165, 1.54) is 0 Å². The first kappa shape index (κ1) is 16.4. The van der Waals surface area contributed by atoms with Gasteiger partial charge in [0, 0.05) is 6.04 Å². The maximum absolute atomic E-state index is 13.4. The number of halogens is 5. The molecule has 1 N–H and O–H groups in total. The smallest absolute Gasteiger partial charge is 0.257 e. The topological polar surface area (TPSA) is 29.1 Å². The number of hydrogen-bond acceptors (Lipinski definition) is 1. The Labute approximate surface area is 113 Å². The Balaban J connectivity index is 3.25. The van der Waals surface area contributed by atoms with Crippen molar-refractivity contribution in [3.63, 3.8) is 0 Å². The highest BCUT2D eigenvalue weighted by molar-refractivity contribution is 5.95. The second-order valence-electron chi connectivity index (χ2n) is 5.51. The van der Waals surface area contributed by atoms with Crippen molar-refractivity contribution in [1.29, 1.82) is 0 Å². The second-order valence-corrected chi connectivity index (χ2v) is 5.51. The first-order chi connectivity index (χ1) is 8.98. The van der Waals surface area contributed by atoms with Crippen molar-refractivity contribution in [2.24, 2.45) is 5.41 Å². The molecule has 0 radical (unpaired) electrons. The summed E-state index contributed by atoms with van der Waals surface area (Å²) in [6.45, 7) is 6.80. The van der Waals surface area contributed by atoms with Crippen LogP contribution in [0.4, 0.5) is 22.0 Å². The van der Waals surface area contributed by atoms with Crippen LogP contribution in [0.25, 0.3) is 0 Å². The van der Waals surface area contributed by atoms with Crippen LogP contribution < -0.4 is 5.32 Å². The van der Waals surface area contributed by atoms with Crippen molar-refractivity contribution in [3.8, 4) is 0 Å². The molecular weight excluding hydrogens is 281 g/mol. The Bertz CT molecular complexity index is 522. The molecule has 1 rings (SSSR count). The SMILES string of the molecule is C[C@H](NC(=O)c1c(F)c(F)c(F)c(F)c1F)C(C)(C)C. The minimum absolute atomic E-state index is 0.445. The number of nitrogens with one attached hydrogen (secondary N) is 1. The number of rotatable bonds is 2. The lowest BCUT2D eigenvalue weighted by Gasteiger charge is -2.28. The van der Waals surface area contributed by atoms with Gasteiger partial charge < -0.3 is 5.32 Å². The molecule has 7 heteroatoms. The zero-order chi connectivity index (χ0) is 15.8. The number of carbonyl (C=O) groups is 1. The highest BCUT2D eigenvalue weighted by Gasteiger charge is 2.31. The Hall–Kier alpha value is -1.66.